The Morgan fingerprint density at radius 2 is 1.70 bits per heavy atom. The van der Waals surface area contributed by atoms with Crippen LogP contribution in [-0.4, -0.2) is 20.6 Å². The molecule has 4 N–H and O–H groups in total. The quantitative estimate of drug-likeness (QED) is 0.758. The summed E-state index contributed by atoms with van der Waals surface area (Å²) in [6, 6.07) is 6.90. The predicted molar refractivity (Wildman–Crippen MR) is 80.2 cm³/mol. The lowest BCUT2D eigenvalue weighted by Crippen LogP contribution is -2.22. The molecule has 0 fully saturated rings. The molecule has 3 aromatic rings. The molecule has 23 heavy (non-hydrogen) atoms. The van der Waals surface area contributed by atoms with E-state index < -0.39 is 17.7 Å². The zero-order chi connectivity index (χ0) is 16.6. The van der Waals surface area contributed by atoms with Gasteiger partial charge < -0.3 is 11.5 Å². The van der Waals surface area contributed by atoms with Gasteiger partial charge in [-0.05, 0) is 30.3 Å². The van der Waals surface area contributed by atoms with Crippen molar-refractivity contribution < 1.29 is 13.6 Å². The number of benzene rings is 1. The van der Waals surface area contributed by atoms with Crippen molar-refractivity contribution in [3.8, 4) is 22.6 Å². The number of carbonyl (C=O) groups excluding carboxylic acids is 1. The van der Waals surface area contributed by atoms with E-state index in [4.69, 9.17) is 11.5 Å². The molecule has 0 aliphatic heterocycles. The van der Waals surface area contributed by atoms with E-state index in [1.807, 2.05) is 0 Å². The van der Waals surface area contributed by atoms with E-state index in [0.717, 1.165) is 16.7 Å². The Bertz CT molecular complexity index is 886. The third kappa shape index (κ3) is 2.50. The van der Waals surface area contributed by atoms with Gasteiger partial charge in [0.05, 0.1) is 22.6 Å². The second-order valence-corrected chi connectivity index (χ2v) is 4.67. The SMILES string of the molecule is NC(=O)n1c(-c2ccnc(N)n2)ccc1-c1c(F)cccc1F. The molecule has 1 aromatic carbocycles. The number of nitrogens with zero attached hydrogens (tertiary/aromatic N) is 3. The second-order valence-electron chi connectivity index (χ2n) is 4.67. The maximum absolute atomic E-state index is 14.0. The number of anilines is 1. The lowest BCUT2D eigenvalue weighted by molar-refractivity contribution is 0.251. The van der Waals surface area contributed by atoms with Crippen molar-refractivity contribution in [1.29, 1.82) is 0 Å². The maximum Gasteiger partial charge on any atom is 0.323 e. The molecule has 2 aromatic heterocycles. The number of aromatic nitrogens is 3. The van der Waals surface area contributed by atoms with Crippen LogP contribution >= 0.6 is 0 Å². The van der Waals surface area contributed by atoms with Crippen LogP contribution < -0.4 is 11.5 Å². The first-order chi connectivity index (χ1) is 11.0. The number of rotatable bonds is 2. The number of primary amides is 1. The van der Waals surface area contributed by atoms with E-state index in [0.29, 0.717) is 5.69 Å². The van der Waals surface area contributed by atoms with Gasteiger partial charge in [-0.3, -0.25) is 4.57 Å². The molecule has 0 unspecified atom stereocenters. The molecule has 116 valence electrons. The zero-order valence-electron chi connectivity index (χ0n) is 11.7. The number of hydrogen-bond donors (Lipinski definition) is 2. The van der Waals surface area contributed by atoms with Gasteiger partial charge in [0.15, 0.2) is 0 Å². The summed E-state index contributed by atoms with van der Waals surface area (Å²) in [5, 5.41) is 0. The fourth-order valence-electron chi connectivity index (χ4n) is 2.33. The molecule has 0 saturated heterocycles. The van der Waals surface area contributed by atoms with Crippen LogP contribution in [0.5, 0.6) is 0 Å². The van der Waals surface area contributed by atoms with Crippen molar-refractivity contribution in [1.82, 2.24) is 14.5 Å². The van der Waals surface area contributed by atoms with Crippen molar-refractivity contribution in [2.24, 2.45) is 5.73 Å². The Balaban J connectivity index is 2.27. The van der Waals surface area contributed by atoms with Gasteiger partial charge >= 0.3 is 6.03 Å². The molecule has 0 radical (unpaired) electrons. The molecular formula is C15H11F2N5O. The molecule has 0 atom stereocenters. The standard InChI is InChI=1S/C15H11F2N5O/c16-8-2-1-3-9(17)13(8)12-5-4-11(22(12)15(19)23)10-6-7-20-14(18)21-10/h1-7H,(H2,19,23)(H2,18,20,21). The molecule has 6 nitrogen and oxygen atoms in total. The van der Waals surface area contributed by atoms with Crippen molar-refractivity contribution >= 4 is 12.0 Å². The minimum absolute atomic E-state index is 0.00153. The van der Waals surface area contributed by atoms with Gasteiger partial charge in [0.25, 0.3) is 0 Å². The molecule has 3 rings (SSSR count). The molecule has 2 heterocycles. The summed E-state index contributed by atoms with van der Waals surface area (Å²) in [7, 11) is 0. The van der Waals surface area contributed by atoms with Gasteiger partial charge in [0.1, 0.15) is 11.6 Å². The predicted octanol–water partition coefficient (Wildman–Crippen LogP) is 2.40. The summed E-state index contributed by atoms with van der Waals surface area (Å²) in [5.74, 6) is -1.61. The molecule has 0 aliphatic rings. The van der Waals surface area contributed by atoms with Crippen LogP contribution in [0.2, 0.25) is 0 Å². The lowest BCUT2D eigenvalue weighted by Gasteiger charge is -2.10. The first-order valence-electron chi connectivity index (χ1n) is 6.54. The van der Waals surface area contributed by atoms with Crippen LogP contribution in [0.15, 0.2) is 42.6 Å². The van der Waals surface area contributed by atoms with E-state index in [9.17, 15) is 13.6 Å². The highest BCUT2D eigenvalue weighted by Gasteiger charge is 2.21. The van der Waals surface area contributed by atoms with E-state index in [-0.39, 0.29) is 22.9 Å². The van der Waals surface area contributed by atoms with Crippen LogP contribution in [-0.2, 0) is 0 Å². The van der Waals surface area contributed by atoms with Gasteiger partial charge in [-0.15, -0.1) is 0 Å². The van der Waals surface area contributed by atoms with E-state index in [1.54, 1.807) is 0 Å². The van der Waals surface area contributed by atoms with Gasteiger partial charge in [0, 0.05) is 6.20 Å². The normalized spacial score (nSPS) is 10.7. The topological polar surface area (TPSA) is 99.8 Å². The van der Waals surface area contributed by atoms with E-state index >= 15 is 0 Å². The summed E-state index contributed by atoms with van der Waals surface area (Å²) >= 11 is 0. The number of carbonyl (C=O) groups is 1. The Hall–Kier alpha value is -3.29. The zero-order valence-corrected chi connectivity index (χ0v) is 11.7. The highest BCUT2D eigenvalue weighted by molar-refractivity contribution is 5.87. The number of halogens is 2. The van der Waals surface area contributed by atoms with E-state index in [1.165, 1.54) is 30.5 Å². The highest BCUT2D eigenvalue weighted by Crippen LogP contribution is 2.31. The Labute approximate surface area is 129 Å². The van der Waals surface area contributed by atoms with Crippen molar-refractivity contribution in [3.05, 3.63) is 54.2 Å². The second kappa shape index (κ2) is 5.48. The third-order valence-electron chi connectivity index (χ3n) is 3.26. The summed E-state index contributed by atoms with van der Waals surface area (Å²) < 4.78 is 29.0. The molecule has 1 amide bonds. The number of hydrogen-bond acceptors (Lipinski definition) is 4. The maximum atomic E-state index is 14.0. The number of nitrogen functional groups attached to an aromatic ring is 1. The van der Waals surface area contributed by atoms with Gasteiger partial charge in [-0.1, -0.05) is 6.07 Å². The number of nitrogens with two attached hydrogens (primary N) is 2. The molecular weight excluding hydrogens is 304 g/mol. The van der Waals surface area contributed by atoms with Crippen LogP contribution in [0.25, 0.3) is 22.6 Å². The Morgan fingerprint density at radius 3 is 2.30 bits per heavy atom. The fraction of sp³-hybridized carbons (Fsp3) is 0. The monoisotopic (exact) mass is 315 g/mol. The molecule has 0 aliphatic carbocycles. The van der Waals surface area contributed by atoms with Gasteiger partial charge in [0.2, 0.25) is 5.95 Å². The molecule has 0 saturated carbocycles. The largest absolute Gasteiger partial charge is 0.368 e. The van der Waals surface area contributed by atoms with Crippen LogP contribution in [0.3, 0.4) is 0 Å². The van der Waals surface area contributed by atoms with Gasteiger partial charge in [-0.2, -0.15) is 0 Å². The minimum Gasteiger partial charge on any atom is -0.368 e. The molecule has 8 heteroatoms. The summed E-state index contributed by atoms with van der Waals surface area (Å²) in [4.78, 5) is 19.6. The summed E-state index contributed by atoms with van der Waals surface area (Å²) in [6.45, 7) is 0. The molecule has 0 spiro atoms. The Morgan fingerprint density at radius 1 is 1.04 bits per heavy atom. The van der Waals surface area contributed by atoms with Crippen molar-refractivity contribution in [2.75, 3.05) is 5.73 Å². The summed E-state index contributed by atoms with van der Waals surface area (Å²) in [5.41, 5.74) is 11.1. The average Bonchev–Trinajstić information content (AvgIpc) is 2.92. The average molecular weight is 315 g/mol. The fourth-order valence-corrected chi connectivity index (χ4v) is 2.33. The minimum atomic E-state index is -0.903. The van der Waals surface area contributed by atoms with E-state index in [2.05, 4.69) is 9.97 Å². The first kappa shape index (κ1) is 14.6. The highest BCUT2D eigenvalue weighted by atomic mass is 19.1. The van der Waals surface area contributed by atoms with Crippen molar-refractivity contribution in [3.63, 3.8) is 0 Å². The summed E-state index contributed by atoms with van der Waals surface area (Å²) in [6.07, 6.45) is 1.40. The number of amides is 1. The lowest BCUT2D eigenvalue weighted by atomic mass is 10.1. The van der Waals surface area contributed by atoms with Crippen LogP contribution in [0.1, 0.15) is 0 Å². The van der Waals surface area contributed by atoms with Crippen LogP contribution in [0, 0.1) is 11.6 Å². The first-order valence-corrected chi connectivity index (χ1v) is 6.54. The van der Waals surface area contributed by atoms with Crippen molar-refractivity contribution in [2.45, 2.75) is 0 Å². The third-order valence-corrected chi connectivity index (χ3v) is 3.26. The van der Waals surface area contributed by atoms with Gasteiger partial charge in [-0.25, -0.2) is 23.5 Å². The Kier molecular flexibility index (Phi) is 3.49. The smallest absolute Gasteiger partial charge is 0.323 e. The molecule has 0 bridgehead atoms. The van der Waals surface area contributed by atoms with Crippen LogP contribution in [0.4, 0.5) is 19.5 Å².